The molecule has 3 heteroatoms. The minimum Gasteiger partial charge on any atom is -0.310 e. The van der Waals surface area contributed by atoms with Crippen LogP contribution in [-0.4, -0.2) is 16.3 Å². The van der Waals surface area contributed by atoms with Crippen LogP contribution in [0.2, 0.25) is 0 Å². The maximum atomic E-state index is 4.17. The van der Waals surface area contributed by atoms with E-state index in [0.29, 0.717) is 6.04 Å². The lowest BCUT2D eigenvalue weighted by atomic mass is 10.0. The van der Waals surface area contributed by atoms with E-state index in [9.17, 15) is 0 Å². The molecular weight excluding hydrogens is 162 g/mol. The summed E-state index contributed by atoms with van der Waals surface area (Å²) in [6.45, 7) is 4.80. The molecule has 0 bridgehead atoms. The quantitative estimate of drug-likeness (QED) is 0.746. The molecule has 70 valence electrons. The predicted octanol–water partition coefficient (Wildman–Crippen LogP) is 1.80. The van der Waals surface area contributed by atoms with E-state index in [-0.39, 0.29) is 0 Å². The van der Waals surface area contributed by atoms with Crippen LogP contribution in [0.15, 0.2) is 19.0 Å². The Labute approximate surface area is 78.4 Å². The first-order valence-corrected chi connectivity index (χ1v) is 4.80. The lowest BCUT2D eigenvalue weighted by molar-refractivity contribution is 0.412. The van der Waals surface area contributed by atoms with Gasteiger partial charge in [0.05, 0.1) is 6.20 Å². The van der Waals surface area contributed by atoms with Crippen LogP contribution in [0.1, 0.15) is 30.9 Å². The number of hydrogen-bond acceptors (Lipinski definition) is 2. The predicted molar refractivity (Wildman–Crippen MR) is 53.2 cm³/mol. The van der Waals surface area contributed by atoms with Crippen LogP contribution >= 0.6 is 0 Å². The summed E-state index contributed by atoms with van der Waals surface area (Å²) < 4.78 is 1.76. The van der Waals surface area contributed by atoms with Gasteiger partial charge in [-0.25, -0.2) is 4.68 Å². The van der Waals surface area contributed by atoms with Crippen molar-refractivity contribution in [1.82, 2.24) is 15.1 Å². The number of piperidine rings is 1. The van der Waals surface area contributed by atoms with Gasteiger partial charge in [-0.3, -0.25) is 0 Å². The fourth-order valence-electron chi connectivity index (χ4n) is 1.77. The molecule has 13 heavy (non-hydrogen) atoms. The highest BCUT2D eigenvalue weighted by Gasteiger charge is 2.15. The molecule has 2 rings (SSSR count). The lowest BCUT2D eigenvalue weighted by Gasteiger charge is -2.21. The lowest BCUT2D eigenvalue weighted by Crippen LogP contribution is -2.26. The molecule has 0 aliphatic carbocycles. The number of aromatic nitrogens is 2. The van der Waals surface area contributed by atoms with E-state index in [1.807, 2.05) is 12.4 Å². The first kappa shape index (κ1) is 8.51. The van der Waals surface area contributed by atoms with Crippen molar-refractivity contribution < 1.29 is 0 Å². The van der Waals surface area contributed by atoms with Crippen molar-refractivity contribution in [3.8, 4) is 0 Å². The molecule has 1 unspecified atom stereocenters. The SMILES string of the molecule is C=Cn1cc(C2CCCCN2)cn1. The van der Waals surface area contributed by atoms with E-state index >= 15 is 0 Å². The fourth-order valence-corrected chi connectivity index (χ4v) is 1.77. The van der Waals surface area contributed by atoms with E-state index in [4.69, 9.17) is 0 Å². The Morgan fingerprint density at radius 3 is 3.15 bits per heavy atom. The summed E-state index contributed by atoms with van der Waals surface area (Å²) in [5.74, 6) is 0. The molecule has 0 saturated carbocycles. The number of nitrogens with one attached hydrogen (secondary N) is 1. The van der Waals surface area contributed by atoms with Crippen molar-refractivity contribution in [3.05, 3.63) is 24.5 Å². The Morgan fingerprint density at radius 1 is 1.62 bits per heavy atom. The molecule has 1 saturated heterocycles. The Hall–Kier alpha value is -1.09. The fraction of sp³-hybridized carbons (Fsp3) is 0.500. The zero-order valence-electron chi connectivity index (χ0n) is 7.74. The Kier molecular flexibility index (Phi) is 2.45. The van der Waals surface area contributed by atoms with E-state index in [1.165, 1.54) is 24.8 Å². The Morgan fingerprint density at radius 2 is 2.54 bits per heavy atom. The second kappa shape index (κ2) is 3.75. The van der Waals surface area contributed by atoms with E-state index in [1.54, 1.807) is 10.9 Å². The van der Waals surface area contributed by atoms with Gasteiger partial charge in [-0.05, 0) is 19.4 Å². The molecule has 0 amide bonds. The van der Waals surface area contributed by atoms with E-state index in [2.05, 4.69) is 17.0 Å². The third-order valence-electron chi connectivity index (χ3n) is 2.52. The van der Waals surface area contributed by atoms with Crippen LogP contribution < -0.4 is 5.32 Å². The molecule has 0 radical (unpaired) electrons. The van der Waals surface area contributed by atoms with Crippen molar-refractivity contribution in [2.45, 2.75) is 25.3 Å². The van der Waals surface area contributed by atoms with Gasteiger partial charge < -0.3 is 5.32 Å². The first-order chi connectivity index (χ1) is 6.40. The van der Waals surface area contributed by atoms with Crippen molar-refractivity contribution in [2.24, 2.45) is 0 Å². The van der Waals surface area contributed by atoms with Gasteiger partial charge in [-0.2, -0.15) is 5.10 Å². The van der Waals surface area contributed by atoms with Crippen LogP contribution in [0, 0.1) is 0 Å². The van der Waals surface area contributed by atoms with Gasteiger partial charge in [-0.15, -0.1) is 0 Å². The van der Waals surface area contributed by atoms with E-state index < -0.39 is 0 Å². The maximum Gasteiger partial charge on any atom is 0.0541 e. The number of nitrogens with zero attached hydrogens (tertiary/aromatic N) is 2. The highest BCUT2D eigenvalue weighted by molar-refractivity contribution is 5.20. The van der Waals surface area contributed by atoms with Crippen LogP contribution in [0.5, 0.6) is 0 Å². The smallest absolute Gasteiger partial charge is 0.0541 e. The summed E-state index contributed by atoms with van der Waals surface area (Å²) in [6.07, 6.45) is 9.51. The third-order valence-corrected chi connectivity index (χ3v) is 2.52. The van der Waals surface area contributed by atoms with Crippen molar-refractivity contribution >= 4 is 6.20 Å². The number of hydrogen-bond donors (Lipinski definition) is 1. The molecule has 0 spiro atoms. The molecule has 1 aromatic rings. The molecule has 0 aromatic carbocycles. The molecule has 1 aromatic heterocycles. The molecule has 1 atom stereocenters. The average Bonchev–Trinajstić information content (AvgIpc) is 2.67. The topological polar surface area (TPSA) is 29.9 Å². The number of rotatable bonds is 2. The van der Waals surface area contributed by atoms with Gasteiger partial charge >= 0.3 is 0 Å². The monoisotopic (exact) mass is 177 g/mol. The van der Waals surface area contributed by atoms with Crippen molar-refractivity contribution in [2.75, 3.05) is 6.54 Å². The average molecular weight is 177 g/mol. The van der Waals surface area contributed by atoms with Gasteiger partial charge in [-0.1, -0.05) is 13.0 Å². The van der Waals surface area contributed by atoms with Crippen LogP contribution in [0.4, 0.5) is 0 Å². The molecule has 1 fully saturated rings. The van der Waals surface area contributed by atoms with Gasteiger partial charge in [0.2, 0.25) is 0 Å². The van der Waals surface area contributed by atoms with Crippen LogP contribution in [-0.2, 0) is 0 Å². The van der Waals surface area contributed by atoms with Crippen LogP contribution in [0.3, 0.4) is 0 Å². The Balaban J connectivity index is 2.09. The summed E-state index contributed by atoms with van der Waals surface area (Å²) in [4.78, 5) is 0. The van der Waals surface area contributed by atoms with Crippen LogP contribution in [0.25, 0.3) is 6.20 Å². The summed E-state index contributed by atoms with van der Waals surface area (Å²) in [5.41, 5.74) is 1.28. The summed E-state index contributed by atoms with van der Waals surface area (Å²) >= 11 is 0. The van der Waals surface area contributed by atoms with Gasteiger partial charge in [0.1, 0.15) is 0 Å². The van der Waals surface area contributed by atoms with Crippen molar-refractivity contribution in [1.29, 1.82) is 0 Å². The minimum absolute atomic E-state index is 0.502. The summed E-state index contributed by atoms with van der Waals surface area (Å²) in [7, 11) is 0. The van der Waals surface area contributed by atoms with Crippen molar-refractivity contribution in [3.63, 3.8) is 0 Å². The summed E-state index contributed by atoms with van der Waals surface area (Å²) in [5, 5.41) is 7.65. The minimum atomic E-state index is 0.502. The van der Waals surface area contributed by atoms with Gasteiger partial charge in [0.25, 0.3) is 0 Å². The normalized spacial score (nSPS) is 22.9. The highest BCUT2D eigenvalue weighted by Crippen LogP contribution is 2.21. The zero-order chi connectivity index (χ0) is 9.10. The molecule has 1 N–H and O–H groups in total. The Bertz CT molecular complexity index is 284. The third kappa shape index (κ3) is 1.80. The second-order valence-corrected chi connectivity index (χ2v) is 3.44. The van der Waals surface area contributed by atoms with Gasteiger partial charge in [0, 0.05) is 24.0 Å². The summed E-state index contributed by atoms with van der Waals surface area (Å²) in [6, 6.07) is 0.502. The highest BCUT2D eigenvalue weighted by atomic mass is 15.2. The molecule has 1 aliphatic heterocycles. The van der Waals surface area contributed by atoms with Gasteiger partial charge in [0.15, 0.2) is 0 Å². The standard InChI is InChI=1S/C10H15N3/c1-2-13-8-9(7-12-13)10-5-3-4-6-11-10/h2,7-8,10-11H,1,3-6H2. The molecule has 1 aliphatic rings. The molecular formula is C10H15N3. The maximum absolute atomic E-state index is 4.17. The first-order valence-electron chi connectivity index (χ1n) is 4.80. The molecule has 3 nitrogen and oxygen atoms in total. The van der Waals surface area contributed by atoms with E-state index in [0.717, 1.165) is 6.54 Å². The zero-order valence-corrected chi connectivity index (χ0v) is 7.74. The second-order valence-electron chi connectivity index (χ2n) is 3.44. The largest absolute Gasteiger partial charge is 0.310 e. The molecule has 2 heterocycles.